The van der Waals surface area contributed by atoms with Crippen molar-refractivity contribution in [3.05, 3.63) is 70.1 Å². The lowest BCUT2D eigenvalue weighted by atomic mass is 9.44. The molecular weight excluding hydrogens is 677 g/mol. The monoisotopic (exact) mass is 738 g/mol. The number of rotatable bonds is 12. The number of hydrogen-bond acceptors (Lipinski definition) is 7. The number of esters is 1. The smallest absolute Gasteiger partial charge is 0.344 e. The van der Waals surface area contributed by atoms with Gasteiger partial charge in [0.2, 0.25) is 11.2 Å². The Balaban J connectivity index is 0.933. The Morgan fingerprint density at radius 1 is 0.944 bits per heavy atom. The molecule has 4 aliphatic carbocycles. The summed E-state index contributed by atoms with van der Waals surface area (Å²) in [6.07, 6.45) is 17.5. The van der Waals surface area contributed by atoms with Gasteiger partial charge in [0.15, 0.2) is 6.61 Å². The molecule has 0 radical (unpaired) electrons. The van der Waals surface area contributed by atoms with Crippen LogP contribution in [0.25, 0.3) is 11.0 Å². The SMILES string of the molecule is COc1cccc(Oc2c(C)oc3cc(OCC(=O)O[C@H]4CC[C@]5(C)C(=CC[C@H]6[C@H]7CC[C@@H]([C@@H](C)CCCC(C)C)C[C@]7(C)CC[C@H]65)C4)ccc3c2=O)c1. The summed E-state index contributed by atoms with van der Waals surface area (Å²) in [4.78, 5) is 26.4. The molecule has 2 aromatic carbocycles. The van der Waals surface area contributed by atoms with Gasteiger partial charge in [0.1, 0.15) is 34.7 Å². The predicted octanol–water partition coefficient (Wildman–Crippen LogP) is 11.6. The normalized spacial score (nSPS) is 29.7. The van der Waals surface area contributed by atoms with Crippen molar-refractivity contribution in [3.63, 3.8) is 0 Å². The molecule has 0 bridgehead atoms. The lowest BCUT2D eigenvalue weighted by molar-refractivity contribution is -0.154. The molecule has 1 aromatic heterocycles. The first-order chi connectivity index (χ1) is 25.9. The minimum Gasteiger partial charge on any atom is -0.497 e. The van der Waals surface area contributed by atoms with E-state index in [1.807, 2.05) is 0 Å². The van der Waals surface area contributed by atoms with Crippen molar-refractivity contribution >= 4 is 16.9 Å². The van der Waals surface area contributed by atoms with Crippen LogP contribution in [0.15, 0.2) is 63.3 Å². The molecule has 292 valence electrons. The van der Waals surface area contributed by atoms with E-state index in [4.69, 9.17) is 23.4 Å². The molecule has 8 atom stereocenters. The van der Waals surface area contributed by atoms with E-state index in [2.05, 4.69) is 40.7 Å². The third-order valence-electron chi connectivity index (χ3n) is 14.3. The summed E-state index contributed by atoms with van der Waals surface area (Å²) >= 11 is 0. The number of methoxy groups -OCH3 is 1. The Kier molecular flexibility index (Phi) is 11.3. The molecule has 3 fully saturated rings. The number of allylic oxidation sites excluding steroid dienone is 1. The third kappa shape index (κ3) is 7.84. The van der Waals surface area contributed by atoms with Crippen molar-refractivity contribution in [1.29, 1.82) is 0 Å². The number of benzene rings is 2. The molecule has 0 N–H and O–H groups in total. The van der Waals surface area contributed by atoms with Crippen molar-refractivity contribution < 1.29 is 28.2 Å². The summed E-state index contributed by atoms with van der Waals surface area (Å²) in [7, 11) is 1.58. The van der Waals surface area contributed by atoms with Gasteiger partial charge in [0, 0.05) is 18.6 Å². The quantitative estimate of drug-likeness (QED) is 0.135. The molecule has 7 nitrogen and oxygen atoms in total. The average Bonchev–Trinajstić information content (AvgIpc) is 3.15. The zero-order valence-corrected chi connectivity index (χ0v) is 33.7. The Morgan fingerprint density at radius 3 is 2.56 bits per heavy atom. The highest BCUT2D eigenvalue weighted by Gasteiger charge is 2.56. The second-order valence-corrected chi connectivity index (χ2v) is 18.2. The zero-order valence-electron chi connectivity index (χ0n) is 33.7. The van der Waals surface area contributed by atoms with Crippen molar-refractivity contribution in [2.24, 2.45) is 46.3 Å². The van der Waals surface area contributed by atoms with E-state index in [1.165, 1.54) is 63.4 Å². The maximum absolute atomic E-state index is 13.3. The number of aryl methyl sites for hydroxylation is 1. The molecule has 1 heterocycles. The van der Waals surface area contributed by atoms with Gasteiger partial charge in [-0.05, 0) is 129 Å². The minimum absolute atomic E-state index is 0.113. The largest absolute Gasteiger partial charge is 0.497 e. The lowest BCUT2D eigenvalue weighted by Crippen LogP contribution is -2.52. The fraction of sp³-hybridized carbons (Fsp3) is 0.617. The molecular formula is C47H62O7. The van der Waals surface area contributed by atoms with E-state index >= 15 is 0 Å². The predicted molar refractivity (Wildman–Crippen MR) is 213 cm³/mol. The van der Waals surface area contributed by atoms with Crippen LogP contribution in [0.1, 0.15) is 117 Å². The van der Waals surface area contributed by atoms with Crippen LogP contribution < -0.4 is 19.6 Å². The van der Waals surface area contributed by atoms with E-state index in [9.17, 15) is 9.59 Å². The van der Waals surface area contributed by atoms with Crippen molar-refractivity contribution in [3.8, 4) is 23.0 Å². The van der Waals surface area contributed by atoms with Crippen LogP contribution in [-0.4, -0.2) is 25.8 Å². The van der Waals surface area contributed by atoms with Gasteiger partial charge in [-0.25, -0.2) is 4.79 Å². The number of carbonyl (C=O) groups is 1. The van der Waals surface area contributed by atoms with Gasteiger partial charge in [0.05, 0.1) is 12.5 Å². The van der Waals surface area contributed by atoms with Gasteiger partial charge in [-0.2, -0.15) is 0 Å². The van der Waals surface area contributed by atoms with E-state index in [1.54, 1.807) is 56.5 Å². The van der Waals surface area contributed by atoms with Crippen LogP contribution in [0.3, 0.4) is 0 Å². The summed E-state index contributed by atoms with van der Waals surface area (Å²) in [6.45, 7) is 13.9. The topological polar surface area (TPSA) is 84.2 Å². The Labute approximate surface area is 322 Å². The van der Waals surface area contributed by atoms with Crippen molar-refractivity contribution in [2.45, 2.75) is 125 Å². The van der Waals surface area contributed by atoms with Crippen LogP contribution in [0.4, 0.5) is 0 Å². The van der Waals surface area contributed by atoms with E-state index in [0.717, 1.165) is 54.8 Å². The first kappa shape index (κ1) is 38.5. The lowest BCUT2D eigenvalue weighted by Gasteiger charge is -2.61. The first-order valence-corrected chi connectivity index (χ1v) is 20.8. The van der Waals surface area contributed by atoms with Gasteiger partial charge in [-0.15, -0.1) is 0 Å². The molecule has 0 saturated heterocycles. The molecule has 3 aromatic rings. The van der Waals surface area contributed by atoms with Crippen LogP contribution in [0.5, 0.6) is 23.0 Å². The first-order valence-electron chi connectivity index (χ1n) is 20.8. The standard InChI is InChI=1S/C47H62O7/c1-29(2)10-8-11-30(3)32-14-19-40-38-17-15-33-24-37(20-23-47(33,6)41(38)21-22-46(40,5)27-32)53-43(48)28-51-35-16-18-39-42(26-35)52-31(4)45(44(39)49)54-36-13-9-12-34(25-36)50-7/h9,12-13,15-16,18,25-26,29-30,32,37-38,40-41H,8,10-11,14,17,19-24,27-28H2,1-7H3/t30-,32+,37-,38-,40+,41+,46-,47+/m0/s1. The molecule has 0 aliphatic heterocycles. The van der Waals surface area contributed by atoms with E-state index < -0.39 is 0 Å². The van der Waals surface area contributed by atoms with Gasteiger partial charge >= 0.3 is 5.97 Å². The second-order valence-electron chi connectivity index (χ2n) is 18.2. The highest BCUT2D eigenvalue weighted by molar-refractivity contribution is 5.80. The fourth-order valence-electron chi connectivity index (χ4n) is 11.2. The number of carbonyl (C=O) groups excluding carboxylic acids is 1. The van der Waals surface area contributed by atoms with Gasteiger partial charge in [-0.3, -0.25) is 4.79 Å². The van der Waals surface area contributed by atoms with Crippen LogP contribution >= 0.6 is 0 Å². The number of hydrogen-bond donors (Lipinski definition) is 0. The molecule has 4 aliphatic rings. The summed E-state index contributed by atoms with van der Waals surface area (Å²) in [5, 5.41) is 0.360. The maximum Gasteiger partial charge on any atom is 0.344 e. The summed E-state index contributed by atoms with van der Waals surface area (Å²) in [6, 6.07) is 12.0. The minimum atomic E-state index is -0.374. The number of fused-ring (bicyclic) bond motifs is 6. The zero-order chi connectivity index (χ0) is 38.2. The van der Waals surface area contributed by atoms with Gasteiger partial charge in [0.25, 0.3) is 0 Å². The Hall–Kier alpha value is -3.74. The Morgan fingerprint density at radius 2 is 1.76 bits per heavy atom. The second kappa shape index (κ2) is 15.8. The summed E-state index contributed by atoms with van der Waals surface area (Å²) in [5.41, 5.74) is 2.27. The molecule has 0 spiro atoms. The molecule has 54 heavy (non-hydrogen) atoms. The fourth-order valence-corrected chi connectivity index (χ4v) is 11.2. The molecule has 7 rings (SSSR count). The summed E-state index contributed by atoms with van der Waals surface area (Å²) in [5.74, 6) is 6.50. The summed E-state index contributed by atoms with van der Waals surface area (Å²) < 4.78 is 29.0. The molecule has 0 amide bonds. The van der Waals surface area contributed by atoms with Crippen LogP contribution in [-0.2, 0) is 9.53 Å². The van der Waals surface area contributed by atoms with Crippen LogP contribution in [0.2, 0.25) is 0 Å². The number of ether oxygens (including phenoxy) is 4. The van der Waals surface area contributed by atoms with E-state index in [-0.39, 0.29) is 35.3 Å². The highest BCUT2D eigenvalue weighted by atomic mass is 16.6. The highest BCUT2D eigenvalue weighted by Crippen LogP contribution is 2.65. The van der Waals surface area contributed by atoms with Gasteiger partial charge in [-0.1, -0.05) is 71.6 Å². The van der Waals surface area contributed by atoms with Crippen molar-refractivity contribution in [1.82, 2.24) is 0 Å². The Bertz CT molecular complexity index is 1910. The molecule has 3 saturated carbocycles. The molecule has 7 heteroatoms. The van der Waals surface area contributed by atoms with Crippen molar-refractivity contribution in [2.75, 3.05) is 13.7 Å². The third-order valence-corrected chi connectivity index (χ3v) is 14.3. The average molecular weight is 739 g/mol. The van der Waals surface area contributed by atoms with E-state index in [0.29, 0.717) is 39.4 Å². The van der Waals surface area contributed by atoms with Gasteiger partial charge < -0.3 is 23.4 Å². The van der Waals surface area contributed by atoms with Crippen LogP contribution in [0, 0.1) is 53.3 Å². The molecule has 0 unspecified atom stereocenters. The maximum atomic E-state index is 13.3.